The molecule has 0 aliphatic heterocycles. The van der Waals surface area contributed by atoms with Gasteiger partial charge in [0.1, 0.15) is 0 Å². The summed E-state index contributed by atoms with van der Waals surface area (Å²) in [5.74, 6) is 0. The molecule has 1 aliphatic carbocycles. The first-order valence-electron chi connectivity index (χ1n) is 14.3. The van der Waals surface area contributed by atoms with Crippen molar-refractivity contribution in [1.82, 2.24) is 4.57 Å². The standard InChI is InChI=1S/C39H27NS/c1-39(2)31-16-10-9-15-29(31)35-32(39)20-18-27-28-19-22-34-36(38(28)41-37(27)35)30-23-25(24-11-5-3-6-12-24)17-21-33(30)40(34)26-13-7-4-8-14-26/h3-23H,1-2H3. The average Bonchev–Trinajstić information content (AvgIpc) is 3.63. The lowest BCUT2D eigenvalue weighted by atomic mass is 9.82. The fourth-order valence-corrected chi connectivity index (χ4v) is 8.66. The lowest BCUT2D eigenvalue weighted by Gasteiger charge is -2.21. The Morgan fingerprint density at radius 2 is 1.22 bits per heavy atom. The van der Waals surface area contributed by atoms with Crippen molar-refractivity contribution in [2.45, 2.75) is 19.3 Å². The molecule has 0 unspecified atom stereocenters. The van der Waals surface area contributed by atoms with E-state index in [1.54, 1.807) is 0 Å². The van der Waals surface area contributed by atoms with E-state index in [0.717, 1.165) is 0 Å². The molecule has 2 aromatic heterocycles. The summed E-state index contributed by atoms with van der Waals surface area (Å²) in [5.41, 5.74) is 11.9. The van der Waals surface area contributed by atoms with E-state index in [4.69, 9.17) is 0 Å². The quantitative estimate of drug-likeness (QED) is 0.205. The molecule has 0 radical (unpaired) electrons. The van der Waals surface area contributed by atoms with E-state index in [-0.39, 0.29) is 5.41 Å². The Bertz CT molecular complexity index is 2320. The van der Waals surface area contributed by atoms with Gasteiger partial charge in [0.25, 0.3) is 0 Å². The average molecular weight is 542 g/mol. The van der Waals surface area contributed by atoms with Crippen molar-refractivity contribution in [3.05, 3.63) is 139 Å². The Kier molecular flexibility index (Phi) is 4.61. The summed E-state index contributed by atoms with van der Waals surface area (Å²) in [4.78, 5) is 0. The Balaban J connectivity index is 1.44. The van der Waals surface area contributed by atoms with Gasteiger partial charge in [-0.05, 0) is 58.1 Å². The van der Waals surface area contributed by atoms with Crippen molar-refractivity contribution in [3.8, 4) is 27.9 Å². The molecule has 0 spiro atoms. The Morgan fingerprint density at radius 3 is 2.05 bits per heavy atom. The zero-order chi connectivity index (χ0) is 27.3. The first-order chi connectivity index (χ1) is 20.1. The van der Waals surface area contributed by atoms with Crippen molar-refractivity contribution in [2.24, 2.45) is 0 Å². The van der Waals surface area contributed by atoms with Gasteiger partial charge in [0.15, 0.2) is 0 Å². The minimum atomic E-state index is -0.000464. The number of thiophene rings is 1. The summed E-state index contributed by atoms with van der Waals surface area (Å²) in [6.07, 6.45) is 0. The zero-order valence-electron chi connectivity index (χ0n) is 23.0. The molecule has 2 heterocycles. The topological polar surface area (TPSA) is 4.93 Å². The van der Waals surface area contributed by atoms with Crippen LogP contribution < -0.4 is 0 Å². The zero-order valence-corrected chi connectivity index (χ0v) is 23.8. The molecule has 0 saturated carbocycles. The number of aromatic nitrogens is 1. The molecule has 0 saturated heterocycles. The largest absolute Gasteiger partial charge is 0.309 e. The van der Waals surface area contributed by atoms with Gasteiger partial charge in [-0.3, -0.25) is 0 Å². The summed E-state index contributed by atoms with van der Waals surface area (Å²) in [6.45, 7) is 4.74. The number of nitrogens with zero attached hydrogens (tertiary/aromatic N) is 1. The van der Waals surface area contributed by atoms with E-state index in [9.17, 15) is 0 Å². The van der Waals surface area contributed by atoms with E-state index in [1.807, 2.05) is 11.3 Å². The Labute approximate surface area is 242 Å². The predicted octanol–water partition coefficient (Wildman–Crippen LogP) is 11.1. The first-order valence-corrected chi connectivity index (χ1v) is 15.1. The van der Waals surface area contributed by atoms with Gasteiger partial charge in [0.05, 0.1) is 11.0 Å². The fraction of sp³-hybridized carbons (Fsp3) is 0.0769. The van der Waals surface area contributed by atoms with Crippen LogP contribution in [0.1, 0.15) is 25.0 Å². The summed E-state index contributed by atoms with van der Waals surface area (Å²) >= 11 is 1.97. The molecule has 9 rings (SSSR count). The van der Waals surface area contributed by atoms with Crippen LogP contribution in [0.4, 0.5) is 0 Å². The molecule has 6 aromatic carbocycles. The number of hydrogen-bond acceptors (Lipinski definition) is 1. The second kappa shape index (κ2) is 8.19. The van der Waals surface area contributed by atoms with Gasteiger partial charge >= 0.3 is 0 Å². The molecule has 0 atom stereocenters. The van der Waals surface area contributed by atoms with Gasteiger partial charge in [0, 0.05) is 47.6 Å². The highest BCUT2D eigenvalue weighted by molar-refractivity contribution is 7.27. The molecule has 0 amide bonds. The van der Waals surface area contributed by atoms with E-state index in [1.165, 1.54) is 81.0 Å². The van der Waals surface area contributed by atoms with Crippen molar-refractivity contribution >= 4 is 53.3 Å². The number of para-hydroxylation sites is 1. The third-order valence-corrected chi connectivity index (χ3v) is 10.5. The third kappa shape index (κ3) is 3.06. The van der Waals surface area contributed by atoms with Crippen LogP contribution in [0.5, 0.6) is 0 Å². The smallest absolute Gasteiger partial charge is 0.0555 e. The second-order valence-corrected chi connectivity index (χ2v) is 12.8. The van der Waals surface area contributed by atoms with Gasteiger partial charge in [-0.2, -0.15) is 0 Å². The monoisotopic (exact) mass is 541 g/mol. The number of fused-ring (bicyclic) bond motifs is 11. The van der Waals surface area contributed by atoms with Crippen LogP contribution >= 0.6 is 11.3 Å². The van der Waals surface area contributed by atoms with Crippen molar-refractivity contribution < 1.29 is 0 Å². The van der Waals surface area contributed by atoms with Crippen LogP contribution in [-0.2, 0) is 5.41 Å². The van der Waals surface area contributed by atoms with Gasteiger partial charge in [-0.15, -0.1) is 11.3 Å². The SMILES string of the molecule is CC1(C)c2ccccc2-c2c1ccc1c2sc2c1ccc1c2c2cc(-c3ccccc3)ccc2n1-c1ccccc1. The van der Waals surface area contributed by atoms with Gasteiger partial charge < -0.3 is 4.57 Å². The summed E-state index contributed by atoms with van der Waals surface area (Å²) in [7, 11) is 0. The fourth-order valence-electron chi connectivity index (χ4n) is 7.25. The molecule has 1 nitrogen and oxygen atoms in total. The maximum Gasteiger partial charge on any atom is 0.0555 e. The highest BCUT2D eigenvalue weighted by atomic mass is 32.1. The van der Waals surface area contributed by atoms with Crippen LogP contribution in [0.2, 0.25) is 0 Å². The number of hydrogen-bond donors (Lipinski definition) is 0. The van der Waals surface area contributed by atoms with Crippen LogP contribution in [0.3, 0.4) is 0 Å². The van der Waals surface area contributed by atoms with E-state index < -0.39 is 0 Å². The normalized spacial score (nSPS) is 13.8. The van der Waals surface area contributed by atoms with Gasteiger partial charge in [0.2, 0.25) is 0 Å². The summed E-state index contributed by atoms with van der Waals surface area (Å²) < 4.78 is 5.22. The lowest BCUT2D eigenvalue weighted by Crippen LogP contribution is -2.14. The first kappa shape index (κ1) is 23.1. The van der Waals surface area contributed by atoms with Gasteiger partial charge in [-0.1, -0.05) is 111 Å². The highest BCUT2D eigenvalue weighted by Crippen LogP contribution is 2.54. The van der Waals surface area contributed by atoms with Crippen LogP contribution in [-0.4, -0.2) is 4.57 Å². The maximum atomic E-state index is 2.44. The Hall–Kier alpha value is -4.66. The van der Waals surface area contributed by atoms with Crippen molar-refractivity contribution in [2.75, 3.05) is 0 Å². The van der Waals surface area contributed by atoms with E-state index >= 15 is 0 Å². The minimum absolute atomic E-state index is 0.000464. The third-order valence-electron chi connectivity index (χ3n) is 9.20. The van der Waals surface area contributed by atoms with Crippen LogP contribution in [0, 0.1) is 0 Å². The molecular formula is C39H27NS. The van der Waals surface area contributed by atoms with Crippen LogP contribution in [0.25, 0.3) is 69.9 Å². The summed E-state index contributed by atoms with van der Waals surface area (Å²) in [5, 5.41) is 5.36. The molecule has 194 valence electrons. The molecule has 0 N–H and O–H groups in total. The van der Waals surface area contributed by atoms with Gasteiger partial charge in [-0.25, -0.2) is 0 Å². The second-order valence-electron chi connectivity index (χ2n) is 11.7. The molecule has 8 aromatic rings. The lowest BCUT2D eigenvalue weighted by molar-refractivity contribution is 0.661. The number of benzene rings is 6. The molecule has 0 bridgehead atoms. The molecule has 2 heteroatoms. The summed E-state index contributed by atoms with van der Waals surface area (Å²) in [6, 6.07) is 46.9. The molecule has 1 aliphatic rings. The van der Waals surface area contributed by atoms with E-state index in [0.29, 0.717) is 0 Å². The minimum Gasteiger partial charge on any atom is -0.309 e. The number of rotatable bonds is 2. The van der Waals surface area contributed by atoms with Crippen LogP contribution in [0.15, 0.2) is 127 Å². The van der Waals surface area contributed by atoms with E-state index in [2.05, 4.69) is 146 Å². The molecular weight excluding hydrogens is 515 g/mol. The van der Waals surface area contributed by atoms with Crippen molar-refractivity contribution in [1.29, 1.82) is 0 Å². The molecule has 41 heavy (non-hydrogen) atoms. The van der Waals surface area contributed by atoms with Crippen molar-refractivity contribution in [3.63, 3.8) is 0 Å². The Morgan fingerprint density at radius 1 is 0.537 bits per heavy atom. The molecule has 0 fully saturated rings. The highest BCUT2D eigenvalue weighted by Gasteiger charge is 2.36. The maximum absolute atomic E-state index is 2.44. The predicted molar refractivity (Wildman–Crippen MR) is 177 cm³/mol.